The molecule has 1 aromatic heterocycles. The maximum atomic E-state index is 11.7. The zero-order chi connectivity index (χ0) is 19.9. The number of alkyl carbamates (subject to hydrolysis) is 1. The second kappa shape index (κ2) is 11.3. The fraction of sp³-hybridized carbons (Fsp3) is 0.524. The van der Waals surface area contributed by atoms with Crippen LogP contribution in [0.1, 0.15) is 30.9 Å². The van der Waals surface area contributed by atoms with E-state index in [0.717, 1.165) is 31.8 Å². The Morgan fingerprint density at radius 2 is 2.14 bits per heavy atom. The number of aliphatic imine (C=N–C) groups is 1. The summed E-state index contributed by atoms with van der Waals surface area (Å²) in [7, 11) is 1.76. The summed E-state index contributed by atoms with van der Waals surface area (Å²) in [5, 5.41) is 10.9. The highest BCUT2D eigenvalue weighted by molar-refractivity contribution is 14.0. The molecule has 7 nitrogen and oxygen atoms in total. The van der Waals surface area contributed by atoms with Crippen molar-refractivity contribution in [3.8, 4) is 0 Å². The molecular weight excluding hydrogens is 481 g/mol. The Labute approximate surface area is 189 Å². The van der Waals surface area contributed by atoms with Crippen molar-refractivity contribution in [2.24, 2.45) is 10.9 Å². The molecule has 8 heteroatoms. The Hall–Kier alpha value is -1.97. The van der Waals surface area contributed by atoms with Crippen LogP contribution in [0.3, 0.4) is 0 Å². The van der Waals surface area contributed by atoms with Gasteiger partial charge in [-0.2, -0.15) is 0 Å². The third-order valence-electron chi connectivity index (χ3n) is 5.18. The number of aromatic amines is 1. The van der Waals surface area contributed by atoms with Crippen molar-refractivity contribution in [2.75, 3.05) is 26.7 Å². The summed E-state index contributed by atoms with van der Waals surface area (Å²) in [5.41, 5.74) is 3.76. The van der Waals surface area contributed by atoms with Crippen molar-refractivity contribution in [1.82, 2.24) is 20.9 Å². The molecule has 1 fully saturated rings. The van der Waals surface area contributed by atoms with E-state index in [0.29, 0.717) is 19.1 Å². The number of aryl methyl sites for hydroxylation is 1. The van der Waals surface area contributed by atoms with Gasteiger partial charge in [0.15, 0.2) is 5.96 Å². The van der Waals surface area contributed by atoms with E-state index in [1.54, 1.807) is 7.05 Å². The SMILES string of the molecule is CCOC(=O)NC(CNC(=NC)NCCc1c[nH]c2c(C)cccc12)C1CC1.I. The van der Waals surface area contributed by atoms with Crippen LogP contribution in [0.2, 0.25) is 0 Å². The highest BCUT2D eigenvalue weighted by atomic mass is 127. The fourth-order valence-electron chi connectivity index (χ4n) is 3.47. The Kier molecular flexibility index (Phi) is 9.06. The van der Waals surface area contributed by atoms with Gasteiger partial charge in [0.25, 0.3) is 0 Å². The molecule has 160 valence electrons. The van der Waals surface area contributed by atoms with Gasteiger partial charge in [-0.05, 0) is 50.2 Å². The number of aromatic nitrogens is 1. The van der Waals surface area contributed by atoms with Gasteiger partial charge < -0.3 is 25.7 Å². The molecular formula is C21H32IN5O2. The summed E-state index contributed by atoms with van der Waals surface area (Å²) >= 11 is 0. The number of halogens is 1. The number of carbonyl (C=O) groups is 1. The Morgan fingerprint density at radius 1 is 1.34 bits per heavy atom. The van der Waals surface area contributed by atoms with Gasteiger partial charge in [0.2, 0.25) is 0 Å². The van der Waals surface area contributed by atoms with Gasteiger partial charge in [-0.15, -0.1) is 24.0 Å². The average molecular weight is 513 g/mol. The predicted octanol–water partition coefficient (Wildman–Crippen LogP) is 3.33. The molecule has 2 aromatic rings. The average Bonchev–Trinajstić information content (AvgIpc) is 3.44. The second-order valence-corrected chi connectivity index (χ2v) is 7.25. The highest BCUT2D eigenvalue weighted by Crippen LogP contribution is 2.32. The van der Waals surface area contributed by atoms with Crippen LogP contribution >= 0.6 is 24.0 Å². The van der Waals surface area contributed by atoms with Crippen LogP contribution in [0, 0.1) is 12.8 Å². The van der Waals surface area contributed by atoms with E-state index < -0.39 is 0 Å². The van der Waals surface area contributed by atoms with Gasteiger partial charge in [0.05, 0.1) is 12.6 Å². The van der Waals surface area contributed by atoms with Crippen LogP contribution in [0.25, 0.3) is 10.9 Å². The van der Waals surface area contributed by atoms with Crippen molar-refractivity contribution in [1.29, 1.82) is 0 Å². The number of hydrogen-bond acceptors (Lipinski definition) is 3. The van der Waals surface area contributed by atoms with E-state index in [4.69, 9.17) is 4.74 Å². The third-order valence-corrected chi connectivity index (χ3v) is 5.18. The van der Waals surface area contributed by atoms with Gasteiger partial charge in [-0.1, -0.05) is 18.2 Å². The molecule has 3 rings (SSSR count). The first-order valence-corrected chi connectivity index (χ1v) is 10.1. The standard InChI is InChI=1S/C21H31N5O2.HI/c1-4-28-21(27)26-18(15-8-9-15)13-25-20(22-3)23-11-10-16-12-24-19-14(2)6-5-7-17(16)19;/h5-7,12,15,18,24H,4,8-11,13H2,1-3H3,(H,26,27)(H2,22,23,25);1H. The van der Waals surface area contributed by atoms with Crippen LogP contribution in [0.15, 0.2) is 29.4 Å². The number of hydrogen-bond donors (Lipinski definition) is 4. The van der Waals surface area contributed by atoms with Gasteiger partial charge in [-0.3, -0.25) is 4.99 Å². The monoisotopic (exact) mass is 513 g/mol. The number of para-hydroxylation sites is 1. The van der Waals surface area contributed by atoms with Crippen molar-refractivity contribution < 1.29 is 9.53 Å². The molecule has 0 saturated heterocycles. The largest absolute Gasteiger partial charge is 0.450 e. The van der Waals surface area contributed by atoms with Crippen molar-refractivity contribution in [3.63, 3.8) is 0 Å². The van der Waals surface area contributed by atoms with Crippen molar-refractivity contribution >= 4 is 46.9 Å². The van der Waals surface area contributed by atoms with Crippen molar-refractivity contribution in [2.45, 2.75) is 39.2 Å². The van der Waals surface area contributed by atoms with E-state index in [-0.39, 0.29) is 36.1 Å². The first-order valence-electron chi connectivity index (χ1n) is 10.1. The minimum absolute atomic E-state index is 0. The van der Waals surface area contributed by atoms with Gasteiger partial charge in [0, 0.05) is 37.2 Å². The summed E-state index contributed by atoms with van der Waals surface area (Å²) in [6.07, 6.45) is 4.92. The van der Waals surface area contributed by atoms with Crippen molar-refractivity contribution in [3.05, 3.63) is 35.5 Å². The molecule has 0 spiro atoms. The van der Waals surface area contributed by atoms with Crippen LogP contribution < -0.4 is 16.0 Å². The lowest BCUT2D eigenvalue weighted by Gasteiger charge is -2.20. The minimum atomic E-state index is -0.348. The number of nitrogens with zero attached hydrogens (tertiary/aromatic N) is 1. The summed E-state index contributed by atoms with van der Waals surface area (Å²) in [4.78, 5) is 19.4. The predicted molar refractivity (Wildman–Crippen MR) is 128 cm³/mol. The van der Waals surface area contributed by atoms with E-state index >= 15 is 0 Å². The molecule has 1 aliphatic rings. The van der Waals surface area contributed by atoms with E-state index in [2.05, 4.69) is 57.2 Å². The molecule has 1 atom stereocenters. The summed E-state index contributed by atoms with van der Waals surface area (Å²) in [6.45, 7) is 5.72. The first kappa shape index (κ1) is 23.3. The van der Waals surface area contributed by atoms with Gasteiger partial charge in [-0.25, -0.2) is 4.79 Å². The Morgan fingerprint density at radius 3 is 2.83 bits per heavy atom. The molecule has 1 heterocycles. The van der Waals surface area contributed by atoms with Crippen LogP contribution in [0.5, 0.6) is 0 Å². The third kappa shape index (κ3) is 6.52. The van der Waals surface area contributed by atoms with Crippen LogP contribution in [-0.2, 0) is 11.2 Å². The Bertz CT molecular complexity index is 832. The van der Waals surface area contributed by atoms with Crippen LogP contribution in [0.4, 0.5) is 4.79 Å². The smallest absolute Gasteiger partial charge is 0.407 e. The number of nitrogens with one attached hydrogen (secondary N) is 4. The van der Waals surface area contributed by atoms with Crippen LogP contribution in [-0.4, -0.2) is 49.8 Å². The topological polar surface area (TPSA) is 90.5 Å². The molecule has 29 heavy (non-hydrogen) atoms. The number of ether oxygens (including phenoxy) is 1. The van der Waals surface area contributed by atoms with E-state index in [1.807, 2.05) is 6.92 Å². The molecule has 1 amide bonds. The maximum Gasteiger partial charge on any atom is 0.407 e. The molecule has 1 unspecified atom stereocenters. The van der Waals surface area contributed by atoms with E-state index in [9.17, 15) is 4.79 Å². The fourth-order valence-corrected chi connectivity index (χ4v) is 3.47. The molecule has 0 bridgehead atoms. The highest BCUT2D eigenvalue weighted by Gasteiger charge is 2.32. The van der Waals surface area contributed by atoms with Gasteiger partial charge in [0.1, 0.15) is 0 Å². The maximum absolute atomic E-state index is 11.7. The second-order valence-electron chi connectivity index (χ2n) is 7.25. The molecule has 1 aromatic carbocycles. The number of benzene rings is 1. The molecule has 0 radical (unpaired) electrons. The number of fused-ring (bicyclic) bond motifs is 1. The summed E-state index contributed by atoms with van der Waals surface area (Å²) < 4.78 is 5.01. The molecule has 1 aliphatic carbocycles. The molecule has 0 aliphatic heterocycles. The normalized spacial score (nSPS) is 14.8. The lowest BCUT2D eigenvalue weighted by molar-refractivity contribution is 0.146. The summed E-state index contributed by atoms with van der Waals surface area (Å²) in [6, 6.07) is 6.43. The number of H-pyrrole nitrogens is 1. The Balaban J connectivity index is 0.00000300. The molecule has 4 N–H and O–H groups in total. The number of amides is 1. The van der Waals surface area contributed by atoms with Gasteiger partial charge >= 0.3 is 6.09 Å². The van der Waals surface area contributed by atoms with E-state index in [1.165, 1.54) is 22.0 Å². The summed E-state index contributed by atoms with van der Waals surface area (Å²) in [5.74, 6) is 1.26. The zero-order valence-electron chi connectivity index (χ0n) is 17.4. The number of guanidine groups is 1. The quantitative estimate of drug-likeness (QED) is 0.248. The zero-order valence-corrected chi connectivity index (χ0v) is 19.7. The molecule has 1 saturated carbocycles. The minimum Gasteiger partial charge on any atom is -0.450 e. The lowest BCUT2D eigenvalue weighted by Crippen LogP contribution is -2.48. The lowest BCUT2D eigenvalue weighted by atomic mass is 10.1. The first-order chi connectivity index (χ1) is 13.6. The number of rotatable bonds is 8. The number of carbonyl (C=O) groups excluding carboxylic acids is 1.